The molecule has 140 valence electrons. The zero-order chi connectivity index (χ0) is 20.2. The first-order valence-electron chi connectivity index (χ1n) is 8.87. The van der Waals surface area contributed by atoms with Crippen molar-refractivity contribution in [2.45, 2.75) is 0 Å². The number of anilines is 1. The first-order chi connectivity index (χ1) is 14.2. The van der Waals surface area contributed by atoms with Crippen LogP contribution in [0.4, 0.5) is 5.69 Å². The maximum Gasteiger partial charge on any atom is 0.266 e. The molecular formula is C23H15BrN4O. The Bertz CT molecular complexity index is 1270. The van der Waals surface area contributed by atoms with E-state index in [0.717, 1.165) is 15.7 Å². The van der Waals surface area contributed by atoms with Crippen LogP contribution in [0, 0.1) is 11.3 Å². The molecule has 0 unspecified atom stereocenters. The standard InChI is InChI=1S/C23H15BrN4O/c24-18-9-6-10-19(14-18)26-23(29)17(15-25)13-20-22(16-7-2-1-3-8-16)27-21-11-4-5-12-28(20)21/h1-14H,(H,26,29)/b17-13+. The van der Waals surface area contributed by atoms with E-state index in [4.69, 9.17) is 4.98 Å². The minimum absolute atomic E-state index is 0.00666. The average molecular weight is 443 g/mol. The molecule has 2 heterocycles. The zero-order valence-corrected chi connectivity index (χ0v) is 16.8. The highest BCUT2D eigenvalue weighted by Gasteiger charge is 2.16. The first kappa shape index (κ1) is 18.7. The number of pyridine rings is 1. The van der Waals surface area contributed by atoms with Gasteiger partial charge in [-0.2, -0.15) is 5.26 Å². The van der Waals surface area contributed by atoms with E-state index < -0.39 is 5.91 Å². The molecule has 4 aromatic rings. The molecular weight excluding hydrogens is 428 g/mol. The zero-order valence-electron chi connectivity index (χ0n) is 15.2. The number of benzene rings is 2. The van der Waals surface area contributed by atoms with Crippen LogP contribution in [-0.2, 0) is 4.79 Å². The number of aromatic nitrogens is 2. The van der Waals surface area contributed by atoms with Gasteiger partial charge in [0.05, 0.1) is 11.4 Å². The van der Waals surface area contributed by atoms with E-state index in [2.05, 4.69) is 21.2 Å². The molecule has 0 aliphatic rings. The summed E-state index contributed by atoms with van der Waals surface area (Å²) >= 11 is 3.37. The lowest BCUT2D eigenvalue weighted by atomic mass is 10.1. The summed E-state index contributed by atoms with van der Waals surface area (Å²) in [5.41, 5.74) is 3.63. The Hall–Kier alpha value is -3.69. The van der Waals surface area contributed by atoms with Crippen LogP contribution in [0.3, 0.4) is 0 Å². The number of nitrogens with one attached hydrogen (secondary N) is 1. The minimum atomic E-state index is -0.476. The molecule has 0 fully saturated rings. The Kier molecular flexibility index (Phi) is 5.23. The molecule has 0 aliphatic carbocycles. The molecule has 0 atom stereocenters. The highest BCUT2D eigenvalue weighted by Crippen LogP contribution is 2.26. The van der Waals surface area contributed by atoms with Gasteiger partial charge in [0.1, 0.15) is 17.3 Å². The van der Waals surface area contributed by atoms with Gasteiger partial charge in [-0.25, -0.2) is 4.98 Å². The van der Waals surface area contributed by atoms with Crippen LogP contribution in [0.5, 0.6) is 0 Å². The van der Waals surface area contributed by atoms with Crippen molar-refractivity contribution in [2.75, 3.05) is 5.32 Å². The summed E-state index contributed by atoms with van der Waals surface area (Å²) < 4.78 is 2.71. The number of amides is 1. The minimum Gasteiger partial charge on any atom is -0.321 e. The van der Waals surface area contributed by atoms with E-state index in [1.165, 1.54) is 0 Å². The molecule has 4 rings (SSSR count). The van der Waals surface area contributed by atoms with Crippen LogP contribution < -0.4 is 5.32 Å². The fourth-order valence-electron chi connectivity index (χ4n) is 3.01. The van der Waals surface area contributed by atoms with E-state index >= 15 is 0 Å². The number of carbonyl (C=O) groups excluding carboxylic acids is 1. The van der Waals surface area contributed by atoms with E-state index in [9.17, 15) is 10.1 Å². The molecule has 0 saturated carbocycles. The molecule has 0 spiro atoms. The second-order valence-electron chi connectivity index (χ2n) is 6.27. The highest BCUT2D eigenvalue weighted by atomic mass is 79.9. The molecule has 1 N–H and O–H groups in total. The van der Waals surface area contributed by atoms with Gasteiger partial charge in [0, 0.05) is 21.9 Å². The van der Waals surface area contributed by atoms with E-state index in [1.54, 1.807) is 18.2 Å². The Balaban J connectivity index is 1.79. The van der Waals surface area contributed by atoms with Gasteiger partial charge in [-0.05, 0) is 36.4 Å². The van der Waals surface area contributed by atoms with Crippen molar-refractivity contribution >= 4 is 39.2 Å². The largest absolute Gasteiger partial charge is 0.321 e. The van der Waals surface area contributed by atoms with E-state index in [0.29, 0.717) is 17.1 Å². The summed E-state index contributed by atoms with van der Waals surface area (Å²) in [5.74, 6) is -0.476. The summed E-state index contributed by atoms with van der Waals surface area (Å²) in [5, 5.41) is 12.4. The molecule has 6 heteroatoms. The lowest BCUT2D eigenvalue weighted by Crippen LogP contribution is -2.13. The third-order valence-corrected chi connectivity index (χ3v) is 4.84. The maximum absolute atomic E-state index is 12.7. The van der Waals surface area contributed by atoms with Crippen molar-refractivity contribution < 1.29 is 4.79 Å². The Morgan fingerprint density at radius 3 is 2.62 bits per heavy atom. The van der Waals surface area contributed by atoms with Gasteiger partial charge in [-0.15, -0.1) is 0 Å². The normalized spacial score (nSPS) is 11.2. The fourth-order valence-corrected chi connectivity index (χ4v) is 3.41. The number of hydrogen-bond acceptors (Lipinski definition) is 3. The molecule has 1 amide bonds. The number of halogens is 1. The predicted octanol–water partition coefficient (Wildman–Crippen LogP) is 5.31. The average Bonchev–Trinajstić information content (AvgIpc) is 3.11. The molecule has 0 aliphatic heterocycles. The van der Waals surface area contributed by atoms with Crippen molar-refractivity contribution in [3.63, 3.8) is 0 Å². The number of hydrogen-bond donors (Lipinski definition) is 1. The van der Waals surface area contributed by atoms with Gasteiger partial charge in [-0.1, -0.05) is 58.4 Å². The maximum atomic E-state index is 12.7. The third-order valence-electron chi connectivity index (χ3n) is 4.34. The van der Waals surface area contributed by atoms with Crippen LogP contribution in [0.15, 0.2) is 89.0 Å². The number of fused-ring (bicyclic) bond motifs is 1. The monoisotopic (exact) mass is 442 g/mol. The predicted molar refractivity (Wildman–Crippen MR) is 117 cm³/mol. The Morgan fingerprint density at radius 2 is 1.86 bits per heavy atom. The van der Waals surface area contributed by atoms with Crippen LogP contribution >= 0.6 is 15.9 Å². The van der Waals surface area contributed by atoms with Crippen LogP contribution in [-0.4, -0.2) is 15.3 Å². The summed E-state index contributed by atoms with van der Waals surface area (Å²) in [6.07, 6.45) is 3.44. The Morgan fingerprint density at radius 1 is 1.07 bits per heavy atom. The number of rotatable bonds is 4. The van der Waals surface area contributed by atoms with Gasteiger partial charge in [0.25, 0.3) is 5.91 Å². The summed E-state index contributed by atoms with van der Waals surface area (Å²) in [6, 6.07) is 24.6. The molecule has 0 saturated heterocycles. The number of nitriles is 1. The van der Waals surface area contributed by atoms with Crippen molar-refractivity contribution in [1.29, 1.82) is 5.26 Å². The number of nitrogens with zero attached hydrogens (tertiary/aromatic N) is 3. The summed E-state index contributed by atoms with van der Waals surface area (Å²) in [7, 11) is 0. The third kappa shape index (κ3) is 3.96. The molecule has 0 bridgehead atoms. The lowest BCUT2D eigenvalue weighted by Gasteiger charge is -2.06. The molecule has 0 radical (unpaired) electrons. The molecule has 2 aromatic heterocycles. The smallest absolute Gasteiger partial charge is 0.266 e. The van der Waals surface area contributed by atoms with E-state index in [-0.39, 0.29) is 5.57 Å². The van der Waals surface area contributed by atoms with Crippen molar-refractivity contribution in [1.82, 2.24) is 9.38 Å². The molecule has 5 nitrogen and oxygen atoms in total. The van der Waals surface area contributed by atoms with Crippen molar-refractivity contribution in [3.05, 3.63) is 94.7 Å². The van der Waals surface area contributed by atoms with Gasteiger partial charge >= 0.3 is 0 Å². The van der Waals surface area contributed by atoms with Crippen LogP contribution in [0.2, 0.25) is 0 Å². The first-order valence-corrected chi connectivity index (χ1v) is 9.66. The van der Waals surface area contributed by atoms with Crippen molar-refractivity contribution in [3.8, 4) is 17.3 Å². The number of carbonyl (C=O) groups is 1. The van der Waals surface area contributed by atoms with Gasteiger partial charge < -0.3 is 5.32 Å². The lowest BCUT2D eigenvalue weighted by molar-refractivity contribution is -0.112. The number of imidazole rings is 1. The fraction of sp³-hybridized carbons (Fsp3) is 0. The second kappa shape index (κ2) is 8.13. The molecule has 29 heavy (non-hydrogen) atoms. The highest BCUT2D eigenvalue weighted by molar-refractivity contribution is 9.10. The second-order valence-corrected chi connectivity index (χ2v) is 7.19. The molecule has 2 aromatic carbocycles. The SMILES string of the molecule is N#C/C(=C\c1c(-c2ccccc2)nc2ccccn12)C(=O)Nc1cccc(Br)c1. The topological polar surface area (TPSA) is 70.2 Å². The summed E-state index contributed by atoms with van der Waals surface area (Å²) in [6.45, 7) is 0. The van der Waals surface area contributed by atoms with E-state index in [1.807, 2.05) is 77.3 Å². The van der Waals surface area contributed by atoms with Crippen LogP contribution in [0.1, 0.15) is 5.69 Å². The van der Waals surface area contributed by atoms with Gasteiger partial charge in [-0.3, -0.25) is 9.20 Å². The van der Waals surface area contributed by atoms with Gasteiger partial charge in [0.15, 0.2) is 0 Å². The quantitative estimate of drug-likeness (QED) is 0.343. The van der Waals surface area contributed by atoms with Crippen LogP contribution in [0.25, 0.3) is 23.0 Å². The Labute approximate surface area is 176 Å². The van der Waals surface area contributed by atoms with Crippen molar-refractivity contribution in [2.24, 2.45) is 0 Å². The summed E-state index contributed by atoms with van der Waals surface area (Å²) in [4.78, 5) is 17.4. The van der Waals surface area contributed by atoms with Gasteiger partial charge in [0.2, 0.25) is 0 Å².